The monoisotopic (exact) mass is 281 g/mol. The largest absolute Gasteiger partial charge is 0.573 e. The Kier molecular flexibility index (Phi) is 3.97. The molecule has 1 aromatic heterocycles. The second kappa shape index (κ2) is 5.53. The number of hydrogen-bond acceptors (Lipinski definition) is 2. The van der Waals surface area contributed by atoms with Crippen LogP contribution in [0.4, 0.5) is 13.2 Å². The van der Waals surface area contributed by atoms with Crippen molar-refractivity contribution in [1.82, 2.24) is 4.98 Å². The van der Waals surface area contributed by atoms with Gasteiger partial charge in [0.25, 0.3) is 0 Å². The van der Waals surface area contributed by atoms with E-state index in [4.69, 9.17) is 0 Å². The van der Waals surface area contributed by atoms with Crippen molar-refractivity contribution in [2.75, 3.05) is 0 Å². The molecule has 0 amide bonds. The maximum atomic E-state index is 12.2. The van der Waals surface area contributed by atoms with E-state index < -0.39 is 6.36 Å². The summed E-state index contributed by atoms with van der Waals surface area (Å²) in [6.07, 6.45) is -3.07. The van der Waals surface area contributed by atoms with Crippen molar-refractivity contribution in [2.45, 2.75) is 26.1 Å². The molecule has 20 heavy (non-hydrogen) atoms. The maximum absolute atomic E-state index is 12.2. The Morgan fingerprint density at radius 1 is 1.10 bits per heavy atom. The van der Waals surface area contributed by atoms with E-state index >= 15 is 0 Å². The minimum atomic E-state index is -4.69. The van der Waals surface area contributed by atoms with Crippen LogP contribution in [0.5, 0.6) is 5.75 Å². The van der Waals surface area contributed by atoms with Crippen LogP contribution in [-0.2, 0) is 0 Å². The Morgan fingerprint density at radius 3 is 2.50 bits per heavy atom. The molecule has 2 aromatic rings. The predicted molar refractivity (Wildman–Crippen MR) is 70.4 cm³/mol. The van der Waals surface area contributed by atoms with E-state index in [-0.39, 0.29) is 11.7 Å². The Hall–Kier alpha value is -2.04. The summed E-state index contributed by atoms with van der Waals surface area (Å²) in [5, 5.41) is 0. The lowest BCUT2D eigenvalue weighted by Crippen LogP contribution is -2.17. The first-order valence-corrected chi connectivity index (χ1v) is 6.18. The smallest absolute Gasteiger partial charge is 0.406 e. The second-order valence-corrected chi connectivity index (χ2v) is 4.67. The van der Waals surface area contributed by atoms with E-state index in [0.717, 1.165) is 5.56 Å². The normalized spacial score (nSPS) is 11.7. The Morgan fingerprint density at radius 2 is 1.85 bits per heavy atom. The van der Waals surface area contributed by atoms with Crippen LogP contribution in [0, 0.1) is 0 Å². The van der Waals surface area contributed by atoms with Crippen LogP contribution in [0.2, 0.25) is 0 Å². The van der Waals surface area contributed by atoms with Gasteiger partial charge in [0.2, 0.25) is 0 Å². The Labute approximate surface area is 115 Å². The molecule has 0 atom stereocenters. The molecular formula is C15H14F3NO. The van der Waals surface area contributed by atoms with Crippen LogP contribution >= 0.6 is 0 Å². The van der Waals surface area contributed by atoms with Gasteiger partial charge in [0, 0.05) is 11.8 Å². The van der Waals surface area contributed by atoms with Gasteiger partial charge in [0.15, 0.2) is 0 Å². The Balaban J connectivity index is 2.41. The van der Waals surface area contributed by atoms with Crippen LogP contribution in [0.25, 0.3) is 11.3 Å². The molecule has 1 aromatic carbocycles. The molecule has 0 aliphatic heterocycles. The molecule has 0 saturated heterocycles. The zero-order chi connectivity index (χ0) is 14.8. The van der Waals surface area contributed by atoms with Gasteiger partial charge in [0.1, 0.15) is 5.75 Å². The van der Waals surface area contributed by atoms with Crippen molar-refractivity contribution in [3.63, 3.8) is 0 Å². The average molecular weight is 281 g/mol. The summed E-state index contributed by atoms with van der Waals surface area (Å²) in [5.41, 5.74) is 2.27. The third kappa shape index (κ3) is 3.50. The molecule has 0 fully saturated rings. The standard InChI is InChI=1S/C15H14F3NO/c1-10(2)13-7-4-8-19-14(13)11-5-3-6-12(9-11)20-15(16,17)18/h3-10H,1-2H3. The van der Waals surface area contributed by atoms with E-state index in [0.29, 0.717) is 11.3 Å². The zero-order valence-electron chi connectivity index (χ0n) is 11.1. The molecule has 0 bridgehead atoms. The summed E-state index contributed by atoms with van der Waals surface area (Å²) >= 11 is 0. The number of hydrogen-bond donors (Lipinski definition) is 0. The van der Waals surface area contributed by atoms with Gasteiger partial charge in [-0.25, -0.2) is 0 Å². The van der Waals surface area contributed by atoms with Gasteiger partial charge in [-0.1, -0.05) is 32.0 Å². The van der Waals surface area contributed by atoms with Gasteiger partial charge in [0.05, 0.1) is 5.69 Å². The molecule has 0 unspecified atom stereocenters. The third-order valence-electron chi connectivity index (χ3n) is 2.80. The molecule has 0 aliphatic carbocycles. The lowest BCUT2D eigenvalue weighted by atomic mass is 9.97. The fourth-order valence-corrected chi connectivity index (χ4v) is 1.97. The summed E-state index contributed by atoms with van der Waals surface area (Å²) in [7, 11) is 0. The molecule has 0 aliphatic rings. The highest BCUT2D eigenvalue weighted by molar-refractivity contribution is 5.65. The van der Waals surface area contributed by atoms with E-state index in [1.165, 1.54) is 18.2 Å². The van der Waals surface area contributed by atoms with E-state index in [2.05, 4.69) is 9.72 Å². The minimum absolute atomic E-state index is 0.228. The van der Waals surface area contributed by atoms with Crippen molar-refractivity contribution in [1.29, 1.82) is 0 Å². The number of rotatable bonds is 3. The second-order valence-electron chi connectivity index (χ2n) is 4.67. The minimum Gasteiger partial charge on any atom is -0.406 e. The summed E-state index contributed by atoms with van der Waals surface area (Å²) in [4.78, 5) is 4.27. The molecule has 0 saturated carbocycles. The highest BCUT2D eigenvalue weighted by Gasteiger charge is 2.31. The predicted octanol–water partition coefficient (Wildman–Crippen LogP) is 4.77. The summed E-state index contributed by atoms with van der Waals surface area (Å²) < 4.78 is 40.7. The average Bonchev–Trinajstić information content (AvgIpc) is 2.37. The number of nitrogens with zero attached hydrogens (tertiary/aromatic N) is 1. The highest BCUT2D eigenvalue weighted by atomic mass is 19.4. The van der Waals surface area contributed by atoms with Gasteiger partial charge in [-0.3, -0.25) is 4.98 Å². The van der Waals surface area contributed by atoms with Gasteiger partial charge in [-0.15, -0.1) is 13.2 Å². The highest BCUT2D eigenvalue weighted by Crippen LogP contribution is 2.31. The third-order valence-corrected chi connectivity index (χ3v) is 2.80. The van der Waals surface area contributed by atoms with E-state index in [9.17, 15) is 13.2 Å². The first-order valence-electron chi connectivity index (χ1n) is 6.18. The number of halogens is 3. The number of alkyl halides is 3. The lowest BCUT2D eigenvalue weighted by Gasteiger charge is -2.13. The fraction of sp³-hybridized carbons (Fsp3) is 0.267. The van der Waals surface area contributed by atoms with Crippen LogP contribution in [0.1, 0.15) is 25.3 Å². The van der Waals surface area contributed by atoms with Crippen molar-refractivity contribution >= 4 is 0 Å². The molecule has 0 N–H and O–H groups in total. The maximum Gasteiger partial charge on any atom is 0.573 e. The first-order chi connectivity index (χ1) is 9.37. The van der Waals surface area contributed by atoms with Crippen molar-refractivity contribution in [3.05, 3.63) is 48.2 Å². The van der Waals surface area contributed by atoms with Crippen LogP contribution < -0.4 is 4.74 Å². The molecule has 2 nitrogen and oxygen atoms in total. The zero-order valence-corrected chi connectivity index (χ0v) is 11.1. The first kappa shape index (κ1) is 14.4. The molecule has 5 heteroatoms. The number of ether oxygens (including phenoxy) is 1. The SMILES string of the molecule is CC(C)c1cccnc1-c1cccc(OC(F)(F)F)c1. The Bertz CT molecular complexity index is 594. The number of pyridine rings is 1. The van der Waals surface area contributed by atoms with Crippen LogP contribution in [-0.4, -0.2) is 11.3 Å². The van der Waals surface area contributed by atoms with Crippen LogP contribution in [0.3, 0.4) is 0 Å². The number of aromatic nitrogens is 1. The van der Waals surface area contributed by atoms with Gasteiger partial charge in [-0.2, -0.15) is 0 Å². The van der Waals surface area contributed by atoms with Crippen molar-refractivity contribution < 1.29 is 17.9 Å². The van der Waals surface area contributed by atoms with Gasteiger partial charge < -0.3 is 4.74 Å². The van der Waals surface area contributed by atoms with Crippen molar-refractivity contribution in [3.8, 4) is 17.0 Å². The van der Waals surface area contributed by atoms with E-state index in [1.807, 2.05) is 26.0 Å². The quantitative estimate of drug-likeness (QED) is 0.808. The molecule has 0 radical (unpaired) electrons. The molecule has 1 heterocycles. The van der Waals surface area contributed by atoms with Crippen LogP contribution in [0.15, 0.2) is 42.6 Å². The fourth-order valence-electron chi connectivity index (χ4n) is 1.97. The summed E-state index contributed by atoms with van der Waals surface area (Å²) in [5.74, 6) is -0.0127. The topological polar surface area (TPSA) is 22.1 Å². The number of benzene rings is 1. The van der Waals surface area contributed by atoms with Gasteiger partial charge in [-0.05, 0) is 29.7 Å². The van der Waals surface area contributed by atoms with Crippen molar-refractivity contribution in [2.24, 2.45) is 0 Å². The molecule has 0 spiro atoms. The van der Waals surface area contributed by atoms with Gasteiger partial charge >= 0.3 is 6.36 Å². The summed E-state index contributed by atoms with van der Waals surface area (Å²) in [6.45, 7) is 4.02. The lowest BCUT2D eigenvalue weighted by molar-refractivity contribution is -0.274. The molecular weight excluding hydrogens is 267 g/mol. The summed E-state index contributed by atoms with van der Waals surface area (Å²) in [6, 6.07) is 9.60. The molecule has 106 valence electrons. The molecule has 2 rings (SSSR count). The van der Waals surface area contributed by atoms with E-state index in [1.54, 1.807) is 12.3 Å².